The van der Waals surface area contributed by atoms with Crippen LogP contribution in [-0.2, 0) is 6.61 Å². The molecule has 19 heavy (non-hydrogen) atoms. The summed E-state index contributed by atoms with van der Waals surface area (Å²) in [7, 11) is 0. The molecule has 0 saturated heterocycles. The molecule has 2 rings (SSSR count). The summed E-state index contributed by atoms with van der Waals surface area (Å²) >= 11 is 0. The van der Waals surface area contributed by atoms with E-state index in [1.165, 1.54) is 0 Å². The predicted octanol–water partition coefficient (Wildman–Crippen LogP) is 0.505. The second-order valence-corrected chi connectivity index (χ2v) is 4.04. The molecule has 0 saturated carbocycles. The minimum absolute atomic E-state index is 0.0350. The molecule has 7 heteroatoms. The summed E-state index contributed by atoms with van der Waals surface area (Å²) in [5, 5.41) is 13.9. The average Bonchev–Trinajstić information content (AvgIpc) is 2.80. The Morgan fingerprint density at radius 2 is 2.16 bits per heavy atom. The van der Waals surface area contributed by atoms with Crippen molar-refractivity contribution in [1.82, 2.24) is 10.5 Å². The van der Waals surface area contributed by atoms with Gasteiger partial charge in [0, 0.05) is 0 Å². The molecular weight excluding hydrogens is 250 g/mol. The van der Waals surface area contributed by atoms with Gasteiger partial charge in [-0.15, -0.1) is 0 Å². The molecule has 0 aliphatic heterocycles. The minimum Gasteiger partial charge on any atom is -0.388 e. The van der Waals surface area contributed by atoms with Gasteiger partial charge < -0.3 is 10.4 Å². The number of H-pyrrole nitrogens is 1. The van der Waals surface area contributed by atoms with Gasteiger partial charge in [0.05, 0.1) is 6.04 Å². The average molecular weight is 264 g/mol. The Labute approximate surface area is 108 Å². The van der Waals surface area contributed by atoms with Crippen molar-refractivity contribution in [2.75, 3.05) is 0 Å². The first-order valence-electron chi connectivity index (χ1n) is 5.73. The van der Waals surface area contributed by atoms with E-state index in [9.17, 15) is 9.70 Å². The van der Waals surface area contributed by atoms with Crippen LogP contribution in [0.15, 0.2) is 35.0 Å². The number of nitrogens with zero attached hydrogens (tertiary/aromatic N) is 1. The van der Waals surface area contributed by atoms with Gasteiger partial charge in [-0.2, -0.15) is 0 Å². The zero-order chi connectivity index (χ0) is 13.8. The second kappa shape index (κ2) is 5.49. The first-order chi connectivity index (χ1) is 9.13. The number of hydrogen-bond acceptors (Lipinski definition) is 4. The highest BCUT2D eigenvalue weighted by Gasteiger charge is 2.28. The van der Waals surface area contributed by atoms with Crippen LogP contribution in [-0.4, -0.2) is 16.2 Å². The molecule has 3 N–H and O–H groups in total. The first kappa shape index (κ1) is 13.0. The first-order valence-corrected chi connectivity index (χ1v) is 5.73. The third-order valence-electron chi connectivity index (χ3n) is 2.74. The van der Waals surface area contributed by atoms with Crippen LogP contribution in [0.25, 0.3) is 0 Å². The number of aliphatic hydroxyl groups excluding tert-OH is 1. The summed E-state index contributed by atoms with van der Waals surface area (Å²) in [4.78, 5) is 23.3. The van der Waals surface area contributed by atoms with E-state index in [1.54, 1.807) is 6.92 Å². The highest BCUT2D eigenvalue weighted by atomic mass is 16.7. The van der Waals surface area contributed by atoms with E-state index in [-0.39, 0.29) is 22.0 Å². The molecule has 7 nitrogen and oxygen atoms in total. The van der Waals surface area contributed by atoms with Crippen LogP contribution in [0.1, 0.15) is 34.7 Å². The van der Waals surface area contributed by atoms with E-state index in [2.05, 4.69) is 15.1 Å². The monoisotopic (exact) mass is 264 g/mol. The number of carbonyl (C=O) groups is 1. The highest BCUT2D eigenvalue weighted by Crippen LogP contribution is 2.12. The molecule has 0 aliphatic carbocycles. The molecule has 0 radical (unpaired) electrons. The Hall–Kier alpha value is -2.41. The SMILES string of the molecule is C[C@@H](NC(=O)c1c(CO)[nH]o[n+]1=O)c1ccccc1. The fourth-order valence-electron chi connectivity index (χ4n) is 1.72. The van der Waals surface area contributed by atoms with Gasteiger partial charge in [0.15, 0.2) is 4.60 Å². The molecule has 1 aromatic carbocycles. The smallest absolute Gasteiger partial charge is 0.334 e. The summed E-state index contributed by atoms with van der Waals surface area (Å²) in [5.41, 5.74) is 0.671. The lowest BCUT2D eigenvalue weighted by Gasteiger charge is -2.12. The van der Waals surface area contributed by atoms with Crippen LogP contribution in [0.4, 0.5) is 0 Å². The van der Waals surface area contributed by atoms with E-state index in [0.717, 1.165) is 5.56 Å². The maximum atomic E-state index is 12.0. The van der Waals surface area contributed by atoms with Crippen molar-refractivity contribution in [3.05, 3.63) is 52.2 Å². The van der Waals surface area contributed by atoms with Crippen molar-refractivity contribution in [2.45, 2.75) is 19.6 Å². The van der Waals surface area contributed by atoms with E-state index in [1.807, 2.05) is 30.3 Å². The van der Waals surface area contributed by atoms with E-state index in [4.69, 9.17) is 5.11 Å². The standard InChI is InChI=1S/C12H13N3O4/c1-8(9-5-3-2-4-6-9)13-12(17)11-10(7-16)14-19-15(11)18/h2-6,8,16H,7H2,1H3,(H-,13,14,17,18)/p+1/t8-/m1/s1. The van der Waals surface area contributed by atoms with Gasteiger partial charge in [-0.3, -0.25) is 4.79 Å². The van der Waals surface area contributed by atoms with Crippen LogP contribution < -0.4 is 9.92 Å². The lowest BCUT2D eigenvalue weighted by molar-refractivity contribution is -0.714. The largest absolute Gasteiger partial charge is 0.388 e. The molecule has 0 bridgehead atoms. The molecule has 0 unspecified atom stereocenters. The van der Waals surface area contributed by atoms with Gasteiger partial charge in [-0.1, -0.05) is 40.1 Å². The van der Waals surface area contributed by atoms with E-state index < -0.39 is 12.5 Å². The minimum atomic E-state index is -0.611. The second-order valence-electron chi connectivity index (χ2n) is 4.04. The quantitative estimate of drug-likeness (QED) is 0.748. The summed E-state index contributed by atoms with van der Waals surface area (Å²) in [6.45, 7) is 1.31. The zero-order valence-electron chi connectivity index (χ0n) is 10.3. The number of aromatic amines is 1. The Morgan fingerprint density at radius 1 is 1.47 bits per heavy atom. The maximum absolute atomic E-state index is 12.0. The summed E-state index contributed by atoms with van der Waals surface area (Å²) in [6.07, 6.45) is 0. The fourth-order valence-corrected chi connectivity index (χ4v) is 1.72. The number of nitrogens with one attached hydrogen (secondary N) is 2. The molecule has 1 aromatic heterocycles. The van der Waals surface area contributed by atoms with Crippen LogP contribution in [0.3, 0.4) is 0 Å². The van der Waals surface area contributed by atoms with Gasteiger partial charge in [-0.25, -0.2) is 0 Å². The number of benzene rings is 1. The van der Waals surface area contributed by atoms with Crippen molar-refractivity contribution < 1.29 is 19.1 Å². The Bertz CT molecular complexity index is 617. The number of aliphatic hydroxyl groups is 1. The summed E-state index contributed by atoms with van der Waals surface area (Å²) in [5.74, 6) is -0.611. The molecule has 100 valence electrons. The topological polar surface area (TPSA) is 101 Å². The summed E-state index contributed by atoms with van der Waals surface area (Å²) < 4.78 is 4.45. The summed E-state index contributed by atoms with van der Waals surface area (Å²) in [6, 6.07) is 9.05. The van der Waals surface area contributed by atoms with Crippen LogP contribution in [0.5, 0.6) is 0 Å². The molecule has 0 aliphatic rings. The van der Waals surface area contributed by atoms with Gasteiger partial charge in [0.2, 0.25) is 5.69 Å². The molecular formula is C12H14N3O4+. The van der Waals surface area contributed by atoms with Gasteiger partial charge >= 0.3 is 11.6 Å². The Kier molecular flexibility index (Phi) is 3.76. The third kappa shape index (κ3) is 2.71. The van der Waals surface area contributed by atoms with Gasteiger partial charge in [0.25, 0.3) is 0 Å². The van der Waals surface area contributed by atoms with Crippen LogP contribution in [0.2, 0.25) is 0 Å². The normalized spacial score (nSPS) is 12.1. The van der Waals surface area contributed by atoms with E-state index >= 15 is 0 Å². The number of rotatable bonds is 4. The maximum Gasteiger partial charge on any atom is 0.334 e. The molecule has 1 atom stereocenters. The van der Waals surface area contributed by atoms with Crippen molar-refractivity contribution in [3.8, 4) is 0 Å². The van der Waals surface area contributed by atoms with Crippen molar-refractivity contribution in [2.24, 2.45) is 0 Å². The fraction of sp³-hybridized carbons (Fsp3) is 0.250. The number of hydrogen-bond donors (Lipinski definition) is 3. The molecule has 1 heterocycles. The third-order valence-corrected chi connectivity index (χ3v) is 2.74. The zero-order valence-corrected chi connectivity index (χ0v) is 10.3. The molecule has 2 aromatic rings. The Morgan fingerprint density at radius 3 is 2.79 bits per heavy atom. The molecule has 1 amide bonds. The van der Waals surface area contributed by atoms with Crippen molar-refractivity contribution in [3.63, 3.8) is 0 Å². The van der Waals surface area contributed by atoms with Crippen LogP contribution in [0, 0.1) is 4.91 Å². The van der Waals surface area contributed by atoms with E-state index in [0.29, 0.717) is 0 Å². The van der Waals surface area contributed by atoms with Gasteiger partial charge in [-0.05, 0) is 17.4 Å². The molecule has 0 fully saturated rings. The van der Waals surface area contributed by atoms with Crippen molar-refractivity contribution >= 4 is 5.91 Å². The lowest BCUT2D eigenvalue weighted by atomic mass is 10.1. The Balaban J connectivity index is 2.18. The van der Waals surface area contributed by atoms with Crippen LogP contribution >= 0.6 is 0 Å². The number of aromatic nitrogens is 2. The lowest BCUT2D eigenvalue weighted by Crippen LogP contribution is -2.34. The predicted molar refractivity (Wildman–Crippen MR) is 64.7 cm³/mol. The van der Waals surface area contributed by atoms with Gasteiger partial charge in [0.1, 0.15) is 6.61 Å². The number of carbonyl (C=O) groups excluding carboxylic acids is 1. The molecule has 0 spiro atoms. The number of amides is 1. The van der Waals surface area contributed by atoms with Crippen molar-refractivity contribution in [1.29, 1.82) is 0 Å². The highest BCUT2D eigenvalue weighted by molar-refractivity contribution is 5.92.